The molecule has 0 radical (unpaired) electrons. The minimum atomic E-state index is -1.17. The number of hydrogen-bond donors (Lipinski definition) is 0. The van der Waals surface area contributed by atoms with Crippen LogP contribution in [0.4, 0.5) is 0 Å². The van der Waals surface area contributed by atoms with Crippen molar-refractivity contribution in [2.45, 2.75) is 53.3 Å². The third-order valence-corrected chi connectivity index (χ3v) is 5.88. The summed E-state index contributed by atoms with van der Waals surface area (Å²) in [5.41, 5.74) is 4.19. The highest BCUT2D eigenvalue weighted by Gasteiger charge is 2.55. The first kappa shape index (κ1) is 12.2. The average Bonchev–Trinajstić information content (AvgIpc) is 2.13. The molecule has 0 aromatic rings. The monoisotopic (exact) mass is 234 g/mol. The van der Waals surface area contributed by atoms with Gasteiger partial charge in [0.05, 0.1) is 0 Å². The summed E-state index contributed by atoms with van der Waals surface area (Å²) in [5, 5.41) is 0. The van der Waals surface area contributed by atoms with Crippen molar-refractivity contribution in [1.82, 2.24) is 0 Å². The summed E-state index contributed by atoms with van der Waals surface area (Å²) < 4.78 is 0. The molecule has 3 aliphatic carbocycles. The van der Waals surface area contributed by atoms with E-state index >= 15 is 0 Å². The molecule has 90 valence electrons. The Kier molecular flexibility index (Phi) is 2.78. The fraction of sp³-hybridized carbons (Fsp3) is 0.867. The first-order chi connectivity index (χ1) is 7.22. The van der Waals surface area contributed by atoms with Gasteiger partial charge in [0.25, 0.3) is 0 Å². The van der Waals surface area contributed by atoms with Gasteiger partial charge in [-0.25, -0.2) is 0 Å². The SMILES string of the molecule is C[C@H]1[C@H](C#C[Si](C)(C)C)C[C@@H]2C[C@H]1C2(C)C. The zero-order valence-electron chi connectivity index (χ0n) is 11.7. The Hall–Kier alpha value is -0.223. The van der Waals surface area contributed by atoms with E-state index in [9.17, 15) is 0 Å². The second kappa shape index (κ2) is 3.64. The molecule has 3 aliphatic rings. The first-order valence-electron chi connectivity index (χ1n) is 6.74. The Morgan fingerprint density at radius 1 is 1.12 bits per heavy atom. The summed E-state index contributed by atoms with van der Waals surface area (Å²) in [6.07, 6.45) is 2.83. The van der Waals surface area contributed by atoms with Crippen LogP contribution < -0.4 is 0 Å². The maximum Gasteiger partial charge on any atom is 0.129 e. The van der Waals surface area contributed by atoms with Gasteiger partial charge in [0.15, 0.2) is 0 Å². The molecule has 16 heavy (non-hydrogen) atoms. The Bertz CT molecular complexity index is 337. The van der Waals surface area contributed by atoms with Crippen LogP contribution in [0.1, 0.15) is 33.6 Å². The van der Waals surface area contributed by atoms with E-state index in [2.05, 4.69) is 51.9 Å². The Balaban J connectivity index is 2.08. The van der Waals surface area contributed by atoms with Crippen LogP contribution in [0.5, 0.6) is 0 Å². The van der Waals surface area contributed by atoms with Crippen molar-refractivity contribution in [3.05, 3.63) is 0 Å². The molecule has 4 atom stereocenters. The van der Waals surface area contributed by atoms with Gasteiger partial charge in [-0.05, 0) is 36.0 Å². The van der Waals surface area contributed by atoms with Crippen LogP contribution in [-0.2, 0) is 0 Å². The Morgan fingerprint density at radius 2 is 1.75 bits per heavy atom. The van der Waals surface area contributed by atoms with E-state index in [0.29, 0.717) is 11.3 Å². The molecule has 0 aromatic carbocycles. The van der Waals surface area contributed by atoms with Crippen molar-refractivity contribution in [3.8, 4) is 11.5 Å². The van der Waals surface area contributed by atoms with E-state index in [4.69, 9.17) is 0 Å². The van der Waals surface area contributed by atoms with E-state index in [1.165, 1.54) is 12.8 Å². The van der Waals surface area contributed by atoms with Gasteiger partial charge in [0.1, 0.15) is 8.07 Å². The lowest BCUT2D eigenvalue weighted by molar-refractivity contribution is -0.116. The van der Waals surface area contributed by atoms with Crippen LogP contribution >= 0.6 is 0 Å². The van der Waals surface area contributed by atoms with E-state index in [0.717, 1.165) is 17.8 Å². The summed E-state index contributed by atoms with van der Waals surface area (Å²) in [4.78, 5) is 0. The van der Waals surface area contributed by atoms with Crippen molar-refractivity contribution < 1.29 is 0 Å². The minimum absolute atomic E-state index is 0.608. The van der Waals surface area contributed by atoms with Crippen LogP contribution in [-0.4, -0.2) is 8.07 Å². The second-order valence-corrected chi connectivity index (χ2v) is 12.3. The van der Waals surface area contributed by atoms with Gasteiger partial charge < -0.3 is 0 Å². The minimum Gasteiger partial charge on any atom is -0.132 e. The third kappa shape index (κ3) is 1.97. The van der Waals surface area contributed by atoms with Gasteiger partial charge in [0.2, 0.25) is 0 Å². The molecule has 0 amide bonds. The molecule has 2 bridgehead atoms. The molecule has 0 saturated heterocycles. The zero-order chi connectivity index (χ0) is 12.1. The normalized spacial score (nSPS) is 40.6. The highest BCUT2D eigenvalue weighted by Crippen LogP contribution is 2.62. The lowest BCUT2D eigenvalue weighted by Gasteiger charge is -2.61. The molecular formula is C15H26Si. The molecule has 0 unspecified atom stereocenters. The lowest BCUT2D eigenvalue weighted by atomic mass is 9.43. The van der Waals surface area contributed by atoms with Crippen LogP contribution in [0, 0.1) is 40.6 Å². The van der Waals surface area contributed by atoms with Gasteiger partial charge in [-0.3, -0.25) is 0 Å². The first-order valence-corrected chi connectivity index (χ1v) is 10.2. The summed E-state index contributed by atoms with van der Waals surface area (Å²) in [6, 6.07) is 0. The van der Waals surface area contributed by atoms with Crippen LogP contribution in [0.3, 0.4) is 0 Å². The number of fused-ring (bicyclic) bond motifs is 2. The van der Waals surface area contributed by atoms with Crippen LogP contribution in [0.15, 0.2) is 0 Å². The summed E-state index contributed by atoms with van der Waals surface area (Å²) >= 11 is 0. The highest BCUT2D eigenvalue weighted by atomic mass is 28.3. The molecule has 1 heteroatoms. The number of hydrogen-bond acceptors (Lipinski definition) is 0. The van der Waals surface area contributed by atoms with Gasteiger partial charge in [-0.1, -0.05) is 40.4 Å². The summed E-state index contributed by atoms with van der Waals surface area (Å²) in [7, 11) is -1.17. The summed E-state index contributed by atoms with van der Waals surface area (Å²) in [5.74, 6) is 7.03. The van der Waals surface area contributed by atoms with Gasteiger partial charge in [-0.15, -0.1) is 11.5 Å². The maximum atomic E-state index is 3.62. The van der Waals surface area contributed by atoms with Gasteiger partial charge in [-0.2, -0.15) is 0 Å². The zero-order valence-corrected chi connectivity index (χ0v) is 12.7. The van der Waals surface area contributed by atoms with Crippen molar-refractivity contribution >= 4 is 8.07 Å². The maximum absolute atomic E-state index is 3.62. The van der Waals surface area contributed by atoms with E-state index in [1.54, 1.807) is 0 Å². The molecule has 3 rings (SSSR count). The predicted molar refractivity (Wildman–Crippen MR) is 73.8 cm³/mol. The summed E-state index contributed by atoms with van der Waals surface area (Å²) in [6.45, 7) is 14.4. The highest BCUT2D eigenvalue weighted by molar-refractivity contribution is 6.83. The van der Waals surface area contributed by atoms with Crippen LogP contribution in [0.25, 0.3) is 0 Å². The van der Waals surface area contributed by atoms with Crippen molar-refractivity contribution in [1.29, 1.82) is 0 Å². The molecule has 0 aliphatic heterocycles. The van der Waals surface area contributed by atoms with Crippen molar-refractivity contribution in [3.63, 3.8) is 0 Å². The van der Waals surface area contributed by atoms with Gasteiger partial charge in [0, 0.05) is 5.92 Å². The van der Waals surface area contributed by atoms with E-state index in [-0.39, 0.29) is 0 Å². The van der Waals surface area contributed by atoms with E-state index in [1.807, 2.05) is 0 Å². The van der Waals surface area contributed by atoms with E-state index < -0.39 is 8.07 Å². The van der Waals surface area contributed by atoms with Crippen molar-refractivity contribution in [2.24, 2.45) is 29.1 Å². The van der Waals surface area contributed by atoms with Gasteiger partial charge >= 0.3 is 0 Å². The second-order valence-electron chi connectivity index (χ2n) is 7.58. The fourth-order valence-corrected chi connectivity index (χ4v) is 4.27. The number of rotatable bonds is 0. The average molecular weight is 234 g/mol. The predicted octanol–water partition coefficient (Wildman–Crippen LogP) is 4.19. The quantitative estimate of drug-likeness (QED) is 0.435. The van der Waals surface area contributed by atoms with Crippen molar-refractivity contribution in [2.75, 3.05) is 0 Å². The molecule has 0 N–H and O–H groups in total. The lowest BCUT2D eigenvalue weighted by Crippen LogP contribution is -2.54. The molecule has 3 saturated carbocycles. The smallest absolute Gasteiger partial charge is 0.129 e. The topological polar surface area (TPSA) is 0 Å². The Labute approximate surface area is 102 Å². The molecule has 0 aromatic heterocycles. The largest absolute Gasteiger partial charge is 0.132 e. The molecule has 0 heterocycles. The Morgan fingerprint density at radius 3 is 2.19 bits per heavy atom. The fourth-order valence-electron chi connectivity index (χ4n) is 3.65. The molecule has 3 fully saturated rings. The molecule has 0 nitrogen and oxygen atoms in total. The van der Waals surface area contributed by atoms with Crippen LogP contribution in [0.2, 0.25) is 19.6 Å². The molecular weight excluding hydrogens is 208 g/mol. The molecule has 0 spiro atoms. The standard InChI is InChI=1S/C15H26Si/c1-11-12(7-8-16(4,5)6)9-13-10-14(11)15(13,2)3/h11-14H,9-10H2,1-6H3/t11-,12+,13+,14+/m0/s1. The third-order valence-electron chi connectivity index (χ3n) is 4.99.